The SMILES string of the molecule is CCCCCCCCNCC.CCN(CC)c1ccc2c(-c3ccccc3S(=O)(=O)O)c3ccc(=[N+](CC)CC)cc-3oc2c1. The van der Waals surface area contributed by atoms with E-state index in [-0.39, 0.29) is 4.90 Å². The van der Waals surface area contributed by atoms with E-state index in [1.54, 1.807) is 18.2 Å². The number of fused-ring (bicyclic) bond motifs is 2. The average Bonchev–Trinajstić information content (AvgIpc) is 3.04. The Balaban J connectivity index is 0.000000430. The molecular weight excluding hydrogens is 582 g/mol. The summed E-state index contributed by atoms with van der Waals surface area (Å²) in [5, 5.41) is 5.16. The van der Waals surface area contributed by atoms with Gasteiger partial charge in [-0.1, -0.05) is 64.2 Å². The summed E-state index contributed by atoms with van der Waals surface area (Å²) in [6, 6.07) is 18.6. The van der Waals surface area contributed by atoms with Crippen LogP contribution in [0, 0.1) is 0 Å². The Morgan fingerprint density at radius 3 is 2.13 bits per heavy atom. The quantitative estimate of drug-likeness (QED) is 0.0594. The van der Waals surface area contributed by atoms with Crippen molar-refractivity contribution in [3.63, 3.8) is 0 Å². The second-order valence-corrected chi connectivity index (χ2v) is 12.7. The minimum absolute atomic E-state index is 0.121. The Labute approximate surface area is 271 Å². The normalized spacial score (nSPS) is 11.4. The number of hydrogen-bond acceptors (Lipinski definition) is 5. The lowest BCUT2D eigenvalue weighted by atomic mass is 9.93. The van der Waals surface area contributed by atoms with Crippen LogP contribution in [0.25, 0.3) is 33.4 Å². The van der Waals surface area contributed by atoms with Gasteiger partial charge < -0.3 is 14.6 Å². The molecule has 0 saturated carbocycles. The number of nitrogens with one attached hydrogen (secondary N) is 1. The topological polar surface area (TPSA) is 85.8 Å². The Morgan fingerprint density at radius 2 is 1.49 bits per heavy atom. The number of nitrogens with zero attached hydrogens (tertiary/aromatic N) is 2. The van der Waals surface area contributed by atoms with E-state index < -0.39 is 10.1 Å². The van der Waals surface area contributed by atoms with Crippen LogP contribution in [0.1, 0.15) is 80.1 Å². The second-order valence-electron chi connectivity index (χ2n) is 11.3. The summed E-state index contributed by atoms with van der Waals surface area (Å²) < 4.78 is 43.2. The zero-order valence-electron chi connectivity index (χ0n) is 28.2. The maximum absolute atomic E-state index is 12.3. The van der Waals surface area contributed by atoms with Crippen LogP contribution in [0.4, 0.5) is 5.69 Å². The number of unbranched alkanes of at least 4 members (excludes halogenated alkanes) is 5. The first-order valence-electron chi connectivity index (χ1n) is 16.8. The average molecular weight is 637 g/mol. The van der Waals surface area contributed by atoms with Crippen LogP contribution in [0.3, 0.4) is 0 Å². The van der Waals surface area contributed by atoms with E-state index >= 15 is 0 Å². The van der Waals surface area contributed by atoms with Gasteiger partial charge in [-0.2, -0.15) is 8.42 Å². The molecule has 7 nitrogen and oxygen atoms in total. The van der Waals surface area contributed by atoms with E-state index in [1.165, 1.54) is 51.1 Å². The van der Waals surface area contributed by atoms with Crippen molar-refractivity contribution in [1.29, 1.82) is 0 Å². The van der Waals surface area contributed by atoms with Crippen molar-refractivity contribution in [3.05, 3.63) is 66.0 Å². The highest BCUT2D eigenvalue weighted by Crippen LogP contribution is 2.42. The molecule has 0 unspecified atom stereocenters. The molecule has 8 heteroatoms. The van der Waals surface area contributed by atoms with Crippen LogP contribution in [-0.2, 0) is 10.1 Å². The maximum atomic E-state index is 12.3. The van der Waals surface area contributed by atoms with Gasteiger partial charge in [0.15, 0.2) is 0 Å². The van der Waals surface area contributed by atoms with Crippen LogP contribution < -0.4 is 20.1 Å². The molecule has 1 aliphatic carbocycles. The van der Waals surface area contributed by atoms with Crippen LogP contribution in [0.15, 0.2) is 70.0 Å². The number of hydrogen-bond donors (Lipinski definition) is 2. The van der Waals surface area contributed by atoms with E-state index in [4.69, 9.17) is 4.42 Å². The standard InChI is InChI=1S/C27H30N2O4S.C10H23N/c1-5-28(6-2)19-13-15-21-24(17-19)33-25-18-20(29(7-3)8-4)14-16-22(25)27(21)23-11-9-10-12-26(23)34(30,31)32;1-3-5-6-7-8-9-10-11-4-2/h9-18H,5-8H2,1-4H3;11H,3-10H2,1-2H3/p+1. The van der Waals surface area contributed by atoms with Gasteiger partial charge in [-0.05, 0) is 71.5 Å². The number of benzene rings is 3. The van der Waals surface area contributed by atoms with Gasteiger partial charge >= 0.3 is 0 Å². The van der Waals surface area contributed by atoms with Crippen molar-refractivity contribution in [3.8, 4) is 22.5 Å². The van der Waals surface area contributed by atoms with Crippen molar-refractivity contribution in [2.75, 3.05) is 44.2 Å². The zero-order chi connectivity index (χ0) is 32.8. The van der Waals surface area contributed by atoms with Crippen molar-refractivity contribution < 1.29 is 17.4 Å². The molecule has 2 aliphatic rings. The second kappa shape index (κ2) is 18.1. The lowest BCUT2D eigenvalue weighted by Crippen LogP contribution is -2.29. The minimum Gasteiger partial charge on any atom is -0.456 e. The third kappa shape index (κ3) is 9.65. The van der Waals surface area contributed by atoms with Gasteiger partial charge in [-0.15, -0.1) is 0 Å². The van der Waals surface area contributed by atoms with E-state index in [0.717, 1.165) is 60.3 Å². The fourth-order valence-electron chi connectivity index (χ4n) is 5.83. The summed E-state index contributed by atoms with van der Waals surface area (Å²) in [6.45, 7) is 18.6. The third-order valence-electron chi connectivity index (χ3n) is 8.34. The Morgan fingerprint density at radius 1 is 0.800 bits per heavy atom. The van der Waals surface area contributed by atoms with Gasteiger partial charge in [0.05, 0.1) is 6.07 Å². The largest absolute Gasteiger partial charge is 0.456 e. The molecule has 0 amide bonds. The highest BCUT2D eigenvalue weighted by Gasteiger charge is 2.24. The van der Waals surface area contributed by atoms with E-state index in [9.17, 15) is 13.0 Å². The predicted octanol–water partition coefficient (Wildman–Crippen LogP) is 8.07. The van der Waals surface area contributed by atoms with Crippen LogP contribution in [-0.4, -0.2) is 52.2 Å². The molecule has 0 spiro atoms. The number of anilines is 1. The van der Waals surface area contributed by atoms with Gasteiger partial charge in [0.2, 0.25) is 5.36 Å². The van der Waals surface area contributed by atoms with Crippen LogP contribution >= 0.6 is 0 Å². The molecule has 2 aromatic rings. The van der Waals surface area contributed by atoms with E-state index in [0.29, 0.717) is 16.9 Å². The predicted molar refractivity (Wildman–Crippen MR) is 190 cm³/mol. The summed E-state index contributed by atoms with van der Waals surface area (Å²) in [6.07, 6.45) is 8.40. The summed E-state index contributed by atoms with van der Waals surface area (Å²) in [4.78, 5) is 2.11. The lowest BCUT2D eigenvalue weighted by Gasteiger charge is -2.22. The molecule has 1 aliphatic heterocycles. The summed E-state index contributed by atoms with van der Waals surface area (Å²) in [5.41, 5.74) is 3.65. The zero-order valence-corrected chi connectivity index (χ0v) is 29.0. The van der Waals surface area contributed by atoms with E-state index in [1.807, 2.05) is 36.4 Å². The number of rotatable bonds is 15. The molecule has 2 aromatic carbocycles. The van der Waals surface area contributed by atoms with Gasteiger partial charge in [0.25, 0.3) is 10.1 Å². The fourth-order valence-corrected chi connectivity index (χ4v) is 6.53. The molecule has 1 heterocycles. The lowest BCUT2D eigenvalue weighted by molar-refractivity contribution is 0.483. The van der Waals surface area contributed by atoms with Gasteiger partial charge in [0.1, 0.15) is 29.3 Å². The molecule has 0 fully saturated rings. The van der Waals surface area contributed by atoms with Crippen LogP contribution in [0.5, 0.6) is 0 Å². The Kier molecular flexibility index (Phi) is 14.6. The van der Waals surface area contributed by atoms with Gasteiger partial charge in [-0.25, -0.2) is 4.58 Å². The fraction of sp³-hybridized carbons (Fsp3) is 0.486. The maximum Gasteiger partial charge on any atom is 0.295 e. The molecule has 0 saturated heterocycles. The van der Waals surface area contributed by atoms with Gasteiger partial charge in [0, 0.05) is 53.0 Å². The van der Waals surface area contributed by atoms with Crippen molar-refractivity contribution in [1.82, 2.24) is 9.89 Å². The first kappa shape index (κ1) is 36.3. The molecule has 0 atom stereocenters. The van der Waals surface area contributed by atoms with E-state index in [2.05, 4.69) is 56.3 Å². The van der Waals surface area contributed by atoms with Crippen molar-refractivity contribution >= 4 is 26.8 Å². The first-order chi connectivity index (χ1) is 21.7. The monoisotopic (exact) mass is 636 g/mol. The van der Waals surface area contributed by atoms with Crippen molar-refractivity contribution in [2.24, 2.45) is 0 Å². The third-order valence-corrected chi connectivity index (χ3v) is 9.25. The minimum atomic E-state index is -4.43. The smallest absolute Gasteiger partial charge is 0.295 e. The Bertz CT molecular complexity index is 1630. The molecule has 0 aromatic heterocycles. The molecule has 0 bridgehead atoms. The molecule has 45 heavy (non-hydrogen) atoms. The molecule has 246 valence electrons. The summed E-state index contributed by atoms with van der Waals surface area (Å²) in [5.74, 6) is 0.661. The summed E-state index contributed by atoms with van der Waals surface area (Å²) in [7, 11) is -4.43. The van der Waals surface area contributed by atoms with Gasteiger partial charge in [-0.3, -0.25) is 4.55 Å². The molecule has 4 rings (SSSR count). The summed E-state index contributed by atoms with van der Waals surface area (Å²) >= 11 is 0. The highest BCUT2D eigenvalue weighted by atomic mass is 32.2. The molecule has 0 radical (unpaired) electrons. The first-order valence-corrected chi connectivity index (χ1v) is 18.3. The molecular formula is C37H54N3O4S+. The molecule has 2 N–H and O–H groups in total. The van der Waals surface area contributed by atoms with Crippen LogP contribution in [0.2, 0.25) is 0 Å². The van der Waals surface area contributed by atoms with Crippen molar-refractivity contribution in [2.45, 2.75) is 85.0 Å². The highest BCUT2D eigenvalue weighted by molar-refractivity contribution is 7.86. The Hall–Kier alpha value is -3.20.